The predicted octanol–water partition coefficient (Wildman–Crippen LogP) is 17.6. The molecule has 77 heavy (non-hydrogen) atoms. The number of para-hydroxylation sites is 2. The van der Waals surface area contributed by atoms with Crippen molar-refractivity contribution in [2.75, 3.05) is 0 Å². The minimum absolute atomic E-state index is 0.250. The highest BCUT2D eigenvalue weighted by molar-refractivity contribution is 6.18. The second-order valence-corrected chi connectivity index (χ2v) is 20.4. The van der Waals surface area contributed by atoms with Crippen LogP contribution in [0.2, 0.25) is 0 Å². The summed E-state index contributed by atoms with van der Waals surface area (Å²) in [5.41, 5.74) is 20.3. The molecule has 0 aliphatic heterocycles. The summed E-state index contributed by atoms with van der Waals surface area (Å²) in [6.07, 6.45) is 0. The number of nitrogens with zero attached hydrogens (tertiary/aromatic N) is 3. The normalized spacial score (nSPS) is 13.7. The van der Waals surface area contributed by atoms with Gasteiger partial charge in [-0.15, -0.1) is 0 Å². The average Bonchev–Trinajstić information content (AvgIpc) is 4.32. The Labute approximate surface area is 449 Å². The van der Waals surface area contributed by atoms with Crippen molar-refractivity contribution in [2.24, 2.45) is 4.99 Å². The van der Waals surface area contributed by atoms with Gasteiger partial charge in [0.25, 0.3) is 0 Å². The quantitative estimate of drug-likeness (QED) is 0.127. The number of fused-ring (bicyclic) bond motifs is 12. The maximum atomic E-state index is 8.78. The van der Waals surface area contributed by atoms with E-state index < -0.39 is 5.41 Å². The zero-order valence-electron chi connectivity index (χ0n) is 43.0. The fraction of sp³-hybridized carbons (Fsp3) is 0.0685. The first-order valence-corrected chi connectivity index (χ1v) is 26.8. The molecule has 0 fully saturated rings. The fourth-order valence-electron chi connectivity index (χ4n) is 13.4. The van der Waals surface area contributed by atoms with Crippen molar-refractivity contribution in [3.8, 4) is 22.3 Å². The van der Waals surface area contributed by atoms with Crippen LogP contribution in [-0.2, 0) is 17.4 Å². The molecule has 0 saturated carbocycles. The third-order valence-electron chi connectivity index (χ3n) is 16.6. The van der Waals surface area contributed by atoms with Crippen molar-refractivity contribution < 1.29 is 0 Å². The Hall–Kier alpha value is -9.64. The Morgan fingerprint density at radius 2 is 0.740 bits per heavy atom. The van der Waals surface area contributed by atoms with Gasteiger partial charge in [0, 0.05) is 44.7 Å². The van der Waals surface area contributed by atoms with Crippen LogP contribution in [0, 0.1) is 5.41 Å². The molecule has 1 N–H and O–H groups in total. The molecule has 11 aromatic carbocycles. The number of aliphatic imine (C=N–C) groups is 1. The van der Waals surface area contributed by atoms with Crippen molar-refractivity contribution in [1.29, 1.82) is 5.41 Å². The van der Waals surface area contributed by atoms with Crippen molar-refractivity contribution in [1.82, 2.24) is 9.13 Å². The number of aromatic nitrogens is 2. The summed E-state index contributed by atoms with van der Waals surface area (Å²) in [5, 5.41) is 13.8. The SMILES string of the molecule is CC(=NC(=N)c1ccccc1)n1c2ccccc2c2cc3c(cc21)C(c1ccccc1)(c1ccccc1)c1ccccc1-3.CCn1c2ccccc2c2cc3c(cc21)C(c1ccccc1)(c1ccccc1)c1ccccc1-3. The van der Waals surface area contributed by atoms with Gasteiger partial charge in [-0.1, -0.05) is 237 Å². The van der Waals surface area contributed by atoms with E-state index in [1.165, 1.54) is 99.3 Å². The molecular weight excluding hydrogens is 933 g/mol. The summed E-state index contributed by atoms with van der Waals surface area (Å²) in [6.45, 7) is 5.20. The zero-order chi connectivity index (χ0) is 51.7. The predicted molar refractivity (Wildman–Crippen MR) is 321 cm³/mol. The lowest BCUT2D eigenvalue weighted by Crippen LogP contribution is -2.28. The molecule has 0 bridgehead atoms. The van der Waals surface area contributed by atoms with Gasteiger partial charge in [-0.05, 0) is 117 Å². The van der Waals surface area contributed by atoms with E-state index >= 15 is 0 Å². The summed E-state index contributed by atoms with van der Waals surface area (Å²) >= 11 is 0. The number of nitrogens with one attached hydrogen (secondary N) is 1. The molecule has 2 heterocycles. The summed E-state index contributed by atoms with van der Waals surface area (Å²) in [4.78, 5) is 4.84. The van der Waals surface area contributed by atoms with E-state index in [2.05, 4.69) is 259 Å². The number of aryl methyl sites for hydroxylation is 1. The van der Waals surface area contributed by atoms with Gasteiger partial charge in [-0.3, -0.25) is 9.98 Å². The molecule has 2 aliphatic rings. The third kappa shape index (κ3) is 6.85. The standard InChI is InChI=1S/C40H29N3.C33H25N/c1-27(42-39(41)28-15-5-2-6-16-28)43-37-24-14-12-22-32(37)34-25-33-31-21-11-13-23-35(31)40(36(33)26-38(34)43,29-17-7-3-8-18-29)30-19-9-4-10-20-30;1-2-34-31-20-12-10-18-26(31)28-21-27-25-17-9-11-19-29(25)33(30(27)22-32(28)34,23-13-5-3-6-14-23)24-15-7-4-8-16-24/h2-26,41H,1H3;3-22H,2H2,1H3. The molecular formula is C73H54N4. The molecule has 0 atom stereocenters. The molecule has 4 nitrogen and oxygen atoms in total. The van der Waals surface area contributed by atoms with Gasteiger partial charge in [0.2, 0.25) is 0 Å². The van der Waals surface area contributed by atoms with Crippen molar-refractivity contribution in [2.45, 2.75) is 31.2 Å². The van der Waals surface area contributed by atoms with Crippen LogP contribution < -0.4 is 0 Å². The Morgan fingerprint density at radius 1 is 0.364 bits per heavy atom. The lowest BCUT2D eigenvalue weighted by atomic mass is 9.67. The highest BCUT2D eigenvalue weighted by atomic mass is 15.1. The Balaban J connectivity index is 0.000000144. The Morgan fingerprint density at radius 3 is 1.22 bits per heavy atom. The Bertz CT molecular complexity index is 4360. The van der Waals surface area contributed by atoms with Crippen LogP contribution in [0.25, 0.3) is 65.9 Å². The summed E-state index contributed by atoms with van der Waals surface area (Å²) in [7, 11) is 0. The van der Waals surface area contributed by atoms with Gasteiger partial charge in [0.1, 0.15) is 5.84 Å². The van der Waals surface area contributed by atoms with Crippen LogP contribution in [0.3, 0.4) is 0 Å². The van der Waals surface area contributed by atoms with Gasteiger partial charge >= 0.3 is 0 Å². The first kappa shape index (κ1) is 45.9. The molecule has 15 rings (SSSR count). The van der Waals surface area contributed by atoms with Crippen LogP contribution in [0.1, 0.15) is 63.9 Å². The molecule has 0 saturated heterocycles. The van der Waals surface area contributed by atoms with Gasteiger partial charge in [-0.25, -0.2) is 4.99 Å². The van der Waals surface area contributed by atoms with Crippen LogP contribution >= 0.6 is 0 Å². The van der Waals surface area contributed by atoms with Gasteiger partial charge in [0.15, 0.2) is 5.84 Å². The third-order valence-corrected chi connectivity index (χ3v) is 16.6. The number of benzene rings is 11. The van der Waals surface area contributed by atoms with Crippen molar-refractivity contribution in [3.05, 3.63) is 323 Å². The topological polar surface area (TPSA) is 46.1 Å². The van der Waals surface area contributed by atoms with E-state index in [1.54, 1.807) is 0 Å². The molecule has 4 heteroatoms. The van der Waals surface area contributed by atoms with Crippen molar-refractivity contribution in [3.63, 3.8) is 0 Å². The molecule has 13 aromatic rings. The highest BCUT2D eigenvalue weighted by Crippen LogP contribution is 2.59. The van der Waals surface area contributed by atoms with Gasteiger partial charge < -0.3 is 4.57 Å². The molecule has 2 aliphatic carbocycles. The van der Waals surface area contributed by atoms with Crippen LogP contribution in [0.15, 0.2) is 278 Å². The largest absolute Gasteiger partial charge is 0.341 e. The number of rotatable bonds is 6. The summed E-state index contributed by atoms with van der Waals surface area (Å²) < 4.78 is 4.70. The second-order valence-electron chi connectivity index (χ2n) is 20.4. The highest BCUT2D eigenvalue weighted by Gasteiger charge is 2.48. The fourth-order valence-corrected chi connectivity index (χ4v) is 13.4. The van der Waals surface area contributed by atoms with E-state index in [0.717, 1.165) is 29.0 Å². The van der Waals surface area contributed by atoms with Crippen LogP contribution in [-0.4, -0.2) is 20.8 Å². The molecule has 0 spiro atoms. The van der Waals surface area contributed by atoms with Crippen molar-refractivity contribution >= 4 is 55.3 Å². The first-order chi connectivity index (χ1) is 38.0. The lowest BCUT2D eigenvalue weighted by molar-refractivity contribution is 0.766. The minimum Gasteiger partial charge on any atom is -0.341 e. The molecule has 366 valence electrons. The van der Waals surface area contributed by atoms with Gasteiger partial charge in [-0.2, -0.15) is 0 Å². The van der Waals surface area contributed by atoms with Crippen LogP contribution in [0.4, 0.5) is 0 Å². The first-order valence-electron chi connectivity index (χ1n) is 26.8. The van der Waals surface area contributed by atoms with E-state index in [0.29, 0.717) is 0 Å². The number of hydrogen-bond donors (Lipinski definition) is 1. The lowest BCUT2D eigenvalue weighted by Gasteiger charge is -2.34. The molecule has 0 radical (unpaired) electrons. The smallest absolute Gasteiger partial charge is 0.153 e. The summed E-state index contributed by atoms with van der Waals surface area (Å²) in [6, 6.07) is 98.4. The minimum atomic E-state index is -0.480. The monoisotopic (exact) mass is 986 g/mol. The maximum absolute atomic E-state index is 8.78. The molecule has 0 amide bonds. The van der Waals surface area contributed by atoms with E-state index in [9.17, 15) is 0 Å². The maximum Gasteiger partial charge on any atom is 0.153 e. The second kappa shape index (κ2) is 18.3. The molecule has 0 unspecified atom stereocenters. The Kier molecular flexibility index (Phi) is 10.9. The van der Waals surface area contributed by atoms with Gasteiger partial charge in [0.05, 0.1) is 21.9 Å². The number of amidine groups is 1. The zero-order valence-corrected chi connectivity index (χ0v) is 43.0. The van der Waals surface area contributed by atoms with E-state index in [1.807, 2.05) is 37.3 Å². The summed E-state index contributed by atoms with van der Waals surface area (Å²) in [5.74, 6) is 1.01. The molecule has 2 aromatic heterocycles. The average molecular weight is 987 g/mol. The van der Waals surface area contributed by atoms with E-state index in [-0.39, 0.29) is 11.3 Å². The van der Waals surface area contributed by atoms with E-state index in [4.69, 9.17) is 10.4 Å². The van der Waals surface area contributed by atoms with Crippen LogP contribution in [0.5, 0.6) is 0 Å². The number of hydrogen-bond acceptors (Lipinski definition) is 1.